The molecular weight excluding hydrogens is 361 g/mol. The van der Waals surface area contributed by atoms with E-state index in [-0.39, 0.29) is 29.8 Å². The van der Waals surface area contributed by atoms with Crippen LogP contribution in [-0.4, -0.2) is 68.8 Å². The molecular formula is C21H30FN3O3. The SMILES string of the molecule is COc1cc2c(cc1OC)[C@@H]1C[C@H](N)[C@@H](CN3C[C@@H](CF)CC3=O)CN1CC2. The fourth-order valence-electron chi connectivity index (χ4n) is 5.07. The monoisotopic (exact) mass is 391 g/mol. The summed E-state index contributed by atoms with van der Waals surface area (Å²) in [6, 6.07) is 4.46. The number of fused-ring (bicyclic) bond motifs is 3. The molecule has 2 N–H and O–H groups in total. The van der Waals surface area contributed by atoms with E-state index in [4.69, 9.17) is 15.2 Å². The van der Waals surface area contributed by atoms with Crippen LogP contribution in [0.1, 0.15) is 30.0 Å². The van der Waals surface area contributed by atoms with Crippen molar-refractivity contribution in [1.29, 1.82) is 0 Å². The van der Waals surface area contributed by atoms with Crippen LogP contribution >= 0.6 is 0 Å². The topological polar surface area (TPSA) is 68.0 Å². The Morgan fingerprint density at radius 1 is 1.21 bits per heavy atom. The minimum absolute atomic E-state index is 0.0116. The second-order valence-electron chi connectivity index (χ2n) is 8.35. The van der Waals surface area contributed by atoms with Gasteiger partial charge in [-0.3, -0.25) is 14.1 Å². The number of carbonyl (C=O) groups excluding carboxylic acids is 1. The van der Waals surface area contributed by atoms with Gasteiger partial charge in [-0.1, -0.05) is 0 Å². The van der Waals surface area contributed by atoms with Gasteiger partial charge in [-0.25, -0.2) is 0 Å². The highest BCUT2D eigenvalue weighted by atomic mass is 19.1. The lowest BCUT2D eigenvalue weighted by molar-refractivity contribution is -0.128. The van der Waals surface area contributed by atoms with Crippen molar-refractivity contribution in [1.82, 2.24) is 9.80 Å². The molecule has 0 unspecified atom stereocenters. The lowest BCUT2D eigenvalue weighted by Crippen LogP contribution is -2.54. The van der Waals surface area contributed by atoms with Crippen molar-refractivity contribution >= 4 is 5.91 Å². The molecule has 6 nitrogen and oxygen atoms in total. The molecule has 154 valence electrons. The first-order valence-corrected chi connectivity index (χ1v) is 10.1. The second kappa shape index (κ2) is 7.87. The van der Waals surface area contributed by atoms with Crippen molar-refractivity contribution < 1.29 is 18.7 Å². The molecule has 1 aromatic rings. The summed E-state index contributed by atoms with van der Waals surface area (Å²) in [6.45, 7) is 2.58. The van der Waals surface area contributed by atoms with Gasteiger partial charge in [-0.05, 0) is 36.1 Å². The number of hydrogen-bond donors (Lipinski definition) is 1. The zero-order valence-electron chi connectivity index (χ0n) is 16.7. The number of benzene rings is 1. The van der Waals surface area contributed by atoms with Crippen LogP contribution in [0.15, 0.2) is 12.1 Å². The fraction of sp³-hybridized carbons (Fsp3) is 0.667. The summed E-state index contributed by atoms with van der Waals surface area (Å²) < 4.78 is 23.9. The lowest BCUT2D eigenvalue weighted by Gasteiger charge is -2.47. The van der Waals surface area contributed by atoms with Crippen LogP contribution in [0.3, 0.4) is 0 Å². The normalized spacial score (nSPS) is 30.1. The molecule has 28 heavy (non-hydrogen) atoms. The number of ether oxygens (including phenoxy) is 2. The average molecular weight is 391 g/mol. The summed E-state index contributed by atoms with van der Waals surface area (Å²) in [6.07, 6.45) is 2.14. The lowest BCUT2D eigenvalue weighted by atomic mass is 9.80. The molecule has 2 saturated heterocycles. The predicted molar refractivity (Wildman–Crippen MR) is 104 cm³/mol. The van der Waals surface area contributed by atoms with E-state index < -0.39 is 6.67 Å². The van der Waals surface area contributed by atoms with Gasteiger partial charge in [-0.15, -0.1) is 0 Å². The van der Waals surface area contributed by atoms with Gasteiger partial charge in [0.1, 0.15) is 0 Å². The summed E-state index contributed by atoms with van der Waals surface area (Å²) in [4.78, 5) is 16.5. The number of nitrogens with zero attached hydrogens (tertiary/aromatic N) is 2. The number of likely N-dealkylation sites (tertiary alicyclic amines) is 1. The molecule has 1 amide bonds. The highest BCUT2D eigenvalue weighted by Crippen LogP contribution is 2.42. The van der Waals surface area contributed by atoms with E-state index >= 15 is 0 Å². The minimum atomic E-state index is -0.421. The first-order chi connectivity index (χ1) is 13.5. The number of hydrogen-bond acceptors (Lipinski definition) is 5. The minimum Gasteiger partial charge on any atom is -0.493 e. The summed E-state index contributed by atoms with van der Waals surface area (Å²) >= 11 is 0. The number of amides is 1. The van der Waals surface area contributed by atoms with Crippen molar-refractivity contribution in [3.8, 4) is 11.5 Å². The van der Waals surface area contributed by atoms with Crippen molar-refractivity contribution in [2.45, 2.75) is 31.3 Å². The molecule has 2 fully saturated rings. The van der Waals surface area contributed by atoms with Crippen LogP contribution in [-0.2, 0) is 11.2 Å². The molecule has 4 atom stereocenters. The zero-order valence-corrected chi connectivity index (χ0v) is 16.7. The summed E-state index contributed by atoms with van der Waals surface area (Å²) in [7, 11) is 3.32. The molecule has 3 aliphatic rings. The first-order valence-electron chi connectivity index (χ1n) is 10.1. The highest BCUT2D eigenvalue weighted by molar-refractivity contribution is 5.78. The van der Waals surface area contributed by atoms with Gasteiger partial charge in [0, 0.05) is 56.5 Å². The van der Waals surface area contributed by atoms with Crippen molar-refractivity contribution in [3.05, 3.63) is 23.3 Å². The third-order valence-electron chi connectivity index (χ3n) is 6.65. The smallest absolute Gasteiger partial charge is 0.223 e. The molecule has 4 rings (SSSR count). The number of piperidine rings is 1. The third kappa shape index (κ3) is 3.46. The Bertz CT molecular complexity index is 744. The summed E-state index contributed by atoms with van der Waals surface area (Å²) in [5.74, 6) is 1.66. The maximum Gasteiger partial charge on any atom is 0.223 e. The molecule has 3 aliphatic heterocycles. The van der Waals surface area contributed by atoms with Gasteiger partial charge in [0.05, 0.1) is 20.9 Å². The van der Waals surface area contributed by atoms with Crippen LogP contribution in [0.4, 0.5) is 4.39 Å². The van der Waals surface area contributed by atoms with Crippen molar-refractivity contribution in [3.63, 3.8) is 0 Å². The van der Waals surface area contributed by atoms with Gasteiger partial charge in [0.2, 0.25) is 5.91 Å². The third-order valence-corrected chi connectivity index (χ3v) is 6.65. The quantitative estimate of drug-likeness (QED) is 0.829. The van der Waals surface area contributed by atoms with Crippen LogP contribution in [0, 0.1) is 11.8 Å². The van der Waals surface area contributed by atoms with Gasteiger partial charge in [-0.2, -0.15) is 0 Å². The Morgan fingerprint density at radius 2 is 1.96 bits per heavy atom. The predicted octanol–water partition coefficient (Wildman–Crippen LogP) is 1.77. The van der Waals surface area contributed by atoms with Crippen molar-refractivity contribution in [2.24, 2.45) is 17.6 Å². The van der Waals surface area contributed by atoms with Crippen LogP contribution < -0.4 is 15.2 Å². The number of rotatable bonds is 5. The fourth-order valence-corrected chi connectivity index (χ4v) is 5.07. The first kappa shape index (κ1) is 19.5. The van der Waals surface area contributed by atoms with E-state index in [1.54, 1.807) is 14.2 Å². The Kier molecular flexibility index (Phi) is 5.47. The second-order valence-corrected chi connectivity index (χ2v) is 8.35. The Hall–Kier alpha value is -1.86. The largest absolute Gasteiger partial charge is 0.493 e. The average Bonchev–Trinajstić information content (AvgIpc) is 3.07. The Morgan fingerprint density at radius 3 is 2.64 bits per heavy atom. The van der Waals surface area contributed by atoms with Crippen molar-refractivity contribution in [2.75, 3.05) is 47.1 Å². The molecule has 0 aliphatic carbocycles. The van der Waals surface area contributed by atoms with E-state index in [1.165, 1.54) is 11.1 Å². The molecule has 3 heterocycles. The van der Waals surface area contributed by atoms with E-state index in [1.807, 2.05) is 4.90 Å². The van der Waals surface area contributed by atoms with Gasteiger partial charge >= 0.3 is 0 Å². The maximum absolute atomic E-state index is 12.9. The van der Waals surface area contributed by atoms with Gasteiger partial charge < -0.3 is 20.1 Å². The maximum atomic E-state index is 12.9. The summed E-state index contributed by atoms with van der Waals surface area (Å²) in [5.41, 5.74) is 9.13. The number of nitrogens with two attached hydrogens (primary N) is 1. The zero-order chi connectivity index (χ0) is 19.8. The van der Waals surface area contributed by atoms with Gasteiger partial charge in [0.25, 0.3) is 0 Å². The van der Waals surface area contributed by atoms with Gasteiger partial charge in [0.15, 0.2) is 11.5 Å². The number of alkyl halides is 1. The van der Waals surface area contributed by atoms with Crippen LogP contribution in [0.2, 0.25) is 0 Å². The number of methoxy groups -OCH3 is 2. The van der Waals surface area contributed by atoms with E-state index in [0.717, 1.165) is 37.4 Å². The molecule has 7 heteroatoms. The van der Waals surface area contributed by atoms with E-state index in [2.05, 4.69) is 17.0 Å². The molecule has 0 spiro atoms. The highest BCUT2D eigenvalue weighted by Gasteiger charge is 2.40. The molecule has 0 aromatic heterocycles. The van der Waals surface area contributed by atoms with Crippen LogP contribution in [0.5, 0.6) is 11.5 Å². The molecule has 0 saturated carbocycles. The Balaban J connectivity index is 1.50. The summed E-state index contributed by atoms with van der Waals surface area (Å²) in [5, 5.41) is 0. The molecule has 1 aromatic carbocycles. The van der Waals surface area contributed by atoms with E-state index in [9.17, 15) is 9.18 Å². The molecule has 0 radical (unpaired) electrons. The van der Waals surface area contributed by atoms with Crippen LogP contribution in [0.25, 0.3) is 0 Å². The molecule has 0 bridgehead atoms. The Labute approximate surface area is 165 Å². The number of halogens is 1. The van der Waals surface area contributed by atoms with E-state index in [0.29, 0.717) is 19.5 Å². The number of carbonyl (C=O) groups is 1. The standard InChI is InChI=1S/C21H30FN3O3/c1-27-19-6-14-3-4-24-11-15(12-25-10-13(9-22)5-21(25)26)17(23)8-18(24)16(14)7-20(19)28-2/h6-7,13,15,17-18H,3-5,8-12,23H2,1-2H3/t13-,15-,17+,18+/m1/s1.